The van der Waals surface area contributed by atoms with Crippen LogP contribution >= 0.6 is 0 Å². The molecule has 0 bridgehead atoms. The van der Waals surface area contributed by atoms with Crippen LogP contribution in [0.2, 0.25) is 0 Å². The van der Waals surface area contributed by atoms with Gasteiger partial charge in [0.05, 0.1) is 5.69 Å². The fourth-order valence-electron chi connectivity index (χ4n) is 2.47. The normalized spacial score (nSPS) is 10.7. The summed E-state index contributed by atoms with van der Waals surface area (Å²) >= 11 is 0. The first kappa shape index (κ1) is 14.3. The molecule has 3 aromatic rings. The highest BCUT2D eigenvalue weighted by molar-refractivity contribution is 5.37. The number of hydrogen-bond donors (Lipinski definition) is 0. The topological polar surface area (TPSA) is 52.8 Å². The highest BCUT2D eigenvalue weighted by atomic mass is 16.5. The summed E-state index contributed by atoms with van der Waals surface area (Å²) in [4.78, 5) is 8.45. The van der Waals surface area contributed by atoms with E-state index in [-0.39, 0.29) is 0 Å². The lowest BCUT2D eigenvalue weighted by atomic mass is 10.1. The molecule has 5 nitrogen and oxygen atoms in total. The lowest BCUT2D eigenvalue weighted by molar-refractivity contribution is 0.460. The molecule has 0 atom stereocenters. The first-order chi connectivity index (χ1) is 10.5. The van der Waals surface area contributed by atoms with Crippen LogP contribution in [0.1, 0.15) is 22.5 Å². The number of benzene rings is 1. The second kappa shape index (κ2) is 5.60. The number of ether oxygens (including phenoxy) is 1. The lowest BCUT2D eigenvalue weighted by Gasteiger charge is -2.08. The Hall–Kier alpha value is -2.69. The molecular formula is C17H18N4O. The van der Waals surface area contributed by atoms with Crippen LogP contribution in [-0.4, -0.2) is 19.7 Å². The summed E-state index contributed by atoms with van der Waals surface area (Å²) in [7, 11) is 0. The Bertz CT molecular complexity index is 803. The van der Waals surface area contributed by atoms with Crippen molar-refractivity contribution >= 4 is 0 Å². The number of aryl methyl sites for hydroxylation is 4. The third kappa shape index (κ3) is 2.98. The first-order valence-electron chi connectivity index (χ1n) is 7.13. The third-order valence-corrected chi connectivity index (χ3v) is 3.27. The zero-order chi connectivity index (χ0) is 15.7. The summed E-state index contributed by atoms with van der Waals surface area (Å²) in [6.07, 6.45) is 1.49. The SMILES string of the molecule is Cc1cc(C)cc(Oc2cc(-n3nc(C)cc3C)ncn2)c1. The van der Waals surface area contributed by atoms with Gasteiger partial charge in [-0.3, -0.25) is 0 Å². The highest BCUT2D eigenvalue weighted by Gasteiger charge is 2.08. The summed E-state index contributed by atoms with van der Waals surface area (Å²) < 4.78 is 7.64. The van der Waals surface area contributed by atoms with Gasteiger partial charge in [-0.05, 0) is 57.0 Å². The third-order valence-electron chi connectivity index (χ3n) is 3.27. The van der Waals surface area contributed by atoms with Crippen molar-refractivity contribution in [3.8, 4) is 17.4 Å². The summed E-state index contributed by atoms with van der Waals surface area (Å²) in [5, 5.41) is 4.43. The van der Waals surface area contributed by atoms with E-state index >= 15 is 0 Å². The maximum Gasteiger partial charge on any atom is 0.224 e. The van der Waals surface area contributed by atoms with E-state index in [1.54, 1.807) is 10.7 Å². The fraction of sp³-hybridized carbons (Fsp3) is 0.235. The second-order valence-corrected chi connectivity index (χ2v) is 5.48. The monoisotopic (exact) mass is 294 g/mol. The largest absolute Gasteiger partial charge is 0.439 e. The van der Waals surface area contributed by atoms with Crippen molar-refractivity contribution in [3.05, 3.63) is 59.2 Å². The molecule has 0 saturated heterocycles. The number of rotatable bonds is 3. The van der Waals surface area contributed by atoms with Crippen LogP contribution in [0.15, 0.2) is 36.7 Å². The van der Waals surface area contributed by atoms with E-state index < -0.39 is 0 Å². The van der Waals surface area contributed by atoms with Crippen molar-refractivity contribution in [2.24, 2.45) is 0 Å². The molecule has 22 heavy (non-hydrogen) atoms. The summed E-state index contributed by atoms with van der Waals surface area (Å²) in [5.74, 6) is 1.97. The van der Waals surface area contributed by atoms with Gasteiger partial charge in [-0.25, -0.2) is 14.6 Å². The van der Waals surface area contributed by atoms with Crippen LogP contribution in [0.25, 0.3) is 5.82 Å². The van der Waals surface area contributed by atoms with Crippen molar-refractivity contribution in [3.63, 3.8) is 0 Å². The van der Waals surface area contributed by atoms with Crippen molar-refractivity contribution in [1.29, 1.82) is 0 Å². The van der Waals surface area contributed by atoms with E-state index in [1.807, 2.05) is 45.9 Å². The van der Waals surface area contributed by atoms with E-state index in [9.17, 15) is 0 Å². The van der Waals surface area contributed by atoms with Gasteiger partial charge in [-0.1, -0.05) is 6.07 Å². The van der Waals surface area contributed by atoms with Gasteiger partial charge in [-0.15, -0.1) is 0 Å². The Morgan fingerprint density at radius 3 is 2.23 bits per heavy atom. The molecule has 0 spiro atoms. The van der Waals surface area contributed by atoms with Gasteiger partial charge in [0.25, 0.3) is 0 Å². The van der Waals surface area contributed by atoms with Gasteiger partial charge in [0.2, 0.25) is 5.88 Å². The average molecular weight is 294 g/mol. The molecule has 0 fully saturated rings. The zero-order valence-electron chi connectivity index (χ0n) is 13.2. The molecule has 5 heteroatoms. The standard InChI is InChI=1S/C17H18N4O/c1-11-5-12(2)7-15(6-11)22-17-9-16(18-10-19-17)21-14(4)8-13(3)20-21/h5-10H,1-4H3. The summed E-state index contributed by atoms with van der Waals surface area (Å²) in [6.45, 7) is 8.03. The Kier molecular flexibility index (Phi) is 3.63. The van der Waals surface area contributed by atoms with Crippen LogP contribution in [0, 0.1) is 27.7 Å². The fourth-order valence-corrected chi connectivity index (χ4v) is 2.47. The summed E-state index contributed by atoms with van der Waals surface area (Å²) in [6, 6.07) is 9.87. The van der Waals surface area contributed by atoms with Crippen LogP contribution in [0.4, 0.5) is 0 Å². The molecule has 0 radical (unpaired) electrons. The molecular weight excluding hydrogens is 276 g/mol. The highest BCUT2D eigenvalue weighted by Crippen LogP contribution is 2.23. The van der Waals surface area contributed by atoms with Crippen molar-refractivity contribution in [2.45, 2.75) is 27.7 Å². The molecule has 2 aromatic heterocycles. The van der Waals surface area contributed by atoms with Crippen LogP contribution < -0.4 is 4.74 Å². The summed E-state index contributed by atoms with van der Waals surface area (Å²) in [5.41, 5.74) is 4.28. The molecule has 112 valence electrons. The molecule has 0 aliphatic rings. The molecule has 0 aliphatic carbocycles. The minimum absolute atomic E-state index is 0.502. The van der Waals surface area contributed by atoms with Gasteiger partial charge in [-0.2, -0.15) is 5.10 Å². The molecule has 0 N–H and O–H groups in total. The van der Waals surface area contributed by atoms with E-state index in [0.717, 1.165) is 28.3 Å². The van der Waals surface area contributed by atoms with E-state index in [2.05, 4.69) is 21.1 Å². The van der Waals surface area contributed by atoms with Gasteiger partial charge in [0.15, 0.2) is 5.82 Å². The Balaban J connectivity index is 1.93. The number of hydrogen-bond acceptors (Lipinski definition) is 4. The molecule has 0 amide bonds. The minimum Gasteiger partial charge on any atom is -0.439 e. The Morgan fingerprint density at radius 2 is 1.59 bits per heavy atom. The van der Waals surface area contributed by atoms with Crippen LogP contribution in [0.5, 0.6) is 11.6 Å². The molecule has 0 unspecified atom stereocenters. The molecule has 0 saturated carbocycles. The Morgan fingerprint density at radius 1 is 0.864 bits per heavy atom. The predicted octanol–water partition coefficient (Wildman–Crippen LogP) is 3.69. The van der Waals surface area contributed by atoms with Gasteiger partial charge >= 0.3 is 0 Å². The molecule has 3 rings (SSSR count). The van der Waals surface area contributed by atoms with E-state index in [1.165, 1.54) is 6.33 Å². The molecule has 0 aliphatic heterocycles. The van der Waals surface area contributed by atoms with E-state index in [0.29, 0.717) is 11.7 Å². The van der Waals surface area contributed by atoms with Crippen molar-refractivity contribution in [2.75, 3.05) is 0 Å². The first-order valence-corrected chi connectivity index (χ1v) is 7.13. The number of nitrogens with zero attached hydrogens (tertiary/aromatic N) is 4. The van der Waals surface area contributed by atoms with Gasteiger partial charge in [0.1, 0.15) is 12.1 Å². The Labute approximate surface area is 129 Å². The quantitative estimate of drug-likeness (QED) is 0.739. The number of aromatic nitrogens is 4. The zero-order valence-corrected chi connectivity index (χ0v) is 13.2. The predicted molar refractivity (Wildman–Crippen MR) is 84.6 cm³/mol. The maximum absolute atomic E-state index is 5.86. The smallest absolute Gasteiger partial charge is 0.224 e. The maximum atomic E-state index is 5.86. The van der Waals surface area contributed by atoms with Crippen molar-refractivity contribution in [1.82, 2.24) is 19.7 Å². The second-order valence-electron chi connectivity index (χ2n) is 5.48. The lowest BCUT2D eigenvalue weighted by Crippen LogP contribution is -2.03. The van der Waals surface area contributed by atoms with Crippen LogP contribution in [0.3, 0.4) is 0 Å². The molecule has 1 aromatic carbocycles. The average Bonchev–Trinajstić information content (AvgIpc) is 2.77. The van der Waals surface area contributed by atoms with E-state index in [4.69, 9.17) is 4.74 Å². The van der Waals surface area contributed by atoms with Gasteiger partial charge < -0.3 is 4.74 Å². The van der Waals surface area contributed by atoms with Crippen LogP contribution in [-0.2, 0) is 0 Å². The minimum atomic E-state index is 0.502. The molecule has 2 heterocycles. The van der Waals surface area contributed by atoms with Gasteiger partial charge in [0, 0.05) is 11.8 Å². The van der Waals surface area contributed by atoms with Crippen molar-refractivity contribution < 1.29 is 4.74 Å².